The predicted octanol–water partition coefficient (Wildman–Crippen LogP) is 1.11. The average Bonchev–Trinajstić information content (AvgIpc) is 3.12. The summed E-state index contributed by atoms with van der Waals surface area (Å²) < 4.78 is 0. The van der Waals surface area contributed by atoms with Gasteiger partial charge in [0.25, 0.3) is 0 Å². The molecule has 3 rings (SSSR count). The Kier molecular flexibility index (Phi) is 6.32. The lowest BCUT2D eigenvalue weighted by atomic mass is 9.67. The highest BCUT2D eigenvalue weighted by molar-refractivity contribution is 5.79. The number of carbonyl (C=O) groups excluding carboxylic acids is 1. The topological polar surface area (TPSA) is 79.6 Å². The minimum absolute atomic E-state index is 0.0849. The van der Waals surface area contributed by atoms with Gasteiger partial charge in [-0.05, 0) is 69.9 Å². The number of piperidine rings is 1. The van der Waals surface area contributed by atoms with Crippen LogP contribution in [0, 0.1) is 16.7 Å². The van der Waals surface area contributed by atoms with Crippen molar-refractivity contribution in [1.82, 2.24) is 15.1 Å². The van der Waals surface area contributed by atoms with Crippen LogP contribution in [0.15, 0.2) is 0 Å². The first-order valence-corrected chi connectivity index (χ1v) is 9.91. The maximum absolute atomic E-state index is 12.3. The van der Waals surface area contributed by atoms with Crippen molar-refractivity contribution in [3.05, 3.63) is 0 Å². The number of aliphatic hydroxyl groups is 1. The minimum atomic E-state index is -0.215. The Morgan fingerprint density at radius 3 is 2.52 bits per heavy atom. The molecule has 2 heterocycles. The second-order valence-corrected chi connectivity index (χ2v) is 8.09. The zero-order valence-corrected chi connectivity index (χ0v) is 15.3. The Morgan fingerprint density at radius 1 is 1.16 bits per heavy atom. The molecule has 0 aromatic carbocycles. The third kappa shape index (κ3) is 4.52. The molecule has 1 spiro atoms. The van der Waals surface area contributed by atoms with E-state index in [2.05, 4.69) is 16.3 Å². The number of nitrogens with one attached hydrogen (secondary N) is 1. The minimum Gasteiger partial charge on any atom is -0.395 e. The number of likely N-dealkylation sites (tertiary alicyclic amines) is 2. The van der Waals surface area contributed by atoms with Crippen LogP contribution in [0.2, 0.25) is 0 Å². The van der Waals surface area contributed by atoms with Gasteiger partial charge in [0.05, 0.1) is 19.2 Å². The molecule has 25 heavy (non-hydrogen) atoms. The van der Waals surface area contributed by atoms with Gasteiger partial charge in [0, 0.05) is 19.1 Å². The molecular weight excluding hydrogens is 316 g/mol. The highest BCUT2D eigenvalue weighted by atomic mass is 16.3. The zero-order chi connectivity index (χ0) is 17.7. The third-order valence-corrected chi connectivity index (χ3v) is 6.64. The van der Waals surface area contributed by atoms with E-state index in [9.17, 15) is 4.79 Å². The highest BCUT2D eigenvalue weighted by Gasteiger charge is 2.38. The van der Waals surface area contributed by atoms with E-state index < -0.39 is 0 Å². The zero-order valence-electron chi connectivity index (χ0n) is 15.3. The molecule has 2 aliphatic heterocycles. The molecule has 6 heteroatoms. The van der Waals surface area contributed by atoms with Crippen molar-refractivity contribution in [2.45, 2.75) is 63.5 Å². The summed E-state index contributed by atoms with van der Waals surface area (Å²) >= 11 is 0. The van der Waals surface area contributed by atoms with Gasteiger partial charge in [0.15, 0.2) is 0 Å². The molecule has 2 N–H and O–H groups in total. The number of nitrogens with zero attached hydrogens (tertiary/aromatic N) is 3. The Balaban J connectivity index is 1.38. The van der Waals surface area contributed by atoms with Gasteiger partial charge < -0.3 is 20.2 Å². The Morgan fingerprint density at radius 2 is 1.88 bits per heavy atom. The number of nitriles is 1. The molecule has 1 atom stereocenters. The number of rotatable bonds is 5. The summed E-state index contributed by atoms with van der Waals surface area (Å²) in [6, 6.07) is 2.47. The number of β-amino-alcohol motifs (C(OH)–C–C–N with tert-alkyl or cyclic N) is 1. The lowest BCUT2D eigenvalue weighted by Gasteiger charge is -2.46. The quantitative estimate of drug-likeness (QED) is 0.778. The molecule has 0 unspecified atom stereocenters. The van der Waals surface area contributed by atoms with E-state index in [1.165, 1.54) is 25.7 Å². The van der Waals surface area contributed by atoms with Crippen LogP contribution in [0.5, 0.6) is 0 Å². The average molecular weight is 348 g/mol. The van der Waals surface area contributed by atoms with Crippen LogP contribution in [0.1, 0.15) is 51.4 Å². The first-order chi connectivity index (χ1) is 12.2. The van der Waals surface area contributed by atoms with Gasteiger partial charge in [-0.3, -0.25) is 4.79 Å². The van der Waals surface area contributed by atoms with Crippen LogP contribution < -0.4 is 5.32 Å². The molecule has 3 fully saturated rings. The molecule has 1 aliphatic carbocycles. The van der Waals surface area contributed by atoms with E-state index in [-0.39, 0.29) is 18.6 Å². The van der Waals surface area contributed by atoms with Crippen LogP contribution in [-0.4, -0.2) is 72.2 Å². The van der Waals surface area contributed by atoms with E-state index in [0.717, 1.165) is 51.9 Å². The Labute approximate surface area is 151 Å². The first kappa shape index (κ1) is 18.6. The summed E-state index contributed by atoms with van der Waals surface area (Å²) in [6.45, 7) is 4.40. The number of hydrogen-bond donors (Lipinski definition) is 2. The van der Waals surface area contributed by atoms with Crippen molar-refractivity contribution >= 4 is 5.91 Å². The molecule has 3 aliphatic rings. The van der Waals surface area contributed by atoms with Gasteiger partial charge in [0.2, 0.25) is 5.91 Å². The van der Waals surface area contributed by atoms with Crippen molar-refractivity contribution in [2.24, 2.45) is 5.41 Å². The summed E-state index contributed by atoms with van der Waals surface area (Å²) in [5.41, 5.74) is 0.495. The number of hydrogen-bond acceptors (Lipinski definition) is 5. The third-order valence-electron chi connectivity index (χ3n) is 6.64. The first-order valence-electron chi connectivity index (χ1n) is 9.91. The summed E-state index contributed by atoms with van der Waals surface area (Å²) in [4.78, 5) is 16.5. The van der Waals surface area contributed by atoms with Crippen molar-refractivity contribution in [3.8, 4) is 6.07 Å². The van der Waals surface area contributed by atoms with Crippen LogP contribution in [0.4, 0.5) is 0 Å². The lowest BCUT2D eigenvalue weighted by molar-refractivity contribution is -0.130. The molecule has 0 bridgehead atoms. The molecule has 1 amide bonds. The van der Waals surface area contributed by atoms with Crippen LogP contribution >= 0.6 is 0 Å². The van der Waals surface area contributed by atoms with Crippen molar-refractivity contribution in [3.63, 3.8) is 0 Å². The molecule has 0 radical (unpaired) electrons. The van der Waals surface area contributed by atoms with Crippen LogP contribution in [0.25, 0.3) is 0 Å². The lowest BCUT2D eigenvalue weighted by Crippen LogP contribution is -2.47. The number of aliphatic hydroxyl groups excluding tert-OH is 1. The standard InChI is InChI=1S/C19H32N4O2/c20-14-17-2-1-9-23(17)18(25)15-21-16-3-5-19(6-4-16)7-10-22(11-8-19)12-13-24/h16-17,21,24H,1-13,15H2/t17-/m0/s1. The van der Waals surface area contributed by atoms with Gasteiger partial charge >= 0.3 is 0 Å². The second-order valence-electron chi connectivity index (χ2n) is 8.09. The Hall–Kier alpha value is -1.16. The summed E-state index contributed by atoms with van der Waals surface area (Å²) in [6.07, 6.45) is 9.05. The van der Waals surface area contributed by atoms with Gasteiger partial charge in [-0.1, -0.05) is 0 Å². The second kappa shape index (κ2) is 8.48. The van der Waals surface area contributed by atoms with Gasteiger partial charge in [-0.25, -0.2) is 0 Å². The van der Waals surface area contributed by atoms with Crippen molar-refractivity contribution in [2.75, 3.05) is 39.3 Å². The van der Waals surface area contributed by atoms with Crippen molar-refractivity contribution in [1.29, 1.82) is 5.26 Å². The molecule has 1 saturated carbocycles. The monoisotopic (exact) mass is 348 g/mol. The molecule has 140 valence electrons. The maximum Gasteiger partial charge on any atom is 0.237 e. The van der Waals surface area contributed by atoms with Crippen LogP contribution in [0.3, 0.4) is 0 Å². The molecule has 0 aromatic heterocycles. The summed E-state index contributed by atoms with van der Waals surface area (Å²) in [5, 5.41) is 21.6. The fourth-order valence-corrected chi connectivity index (χ4v) is 4.86. The molecule has 0 aromatic rings. The molecule has 2 saturated heterocycles. The number of amides is 1. The normalized spacial score (nSPS) is 27.5. The number of carbonyl (C=O) groups is 1. The fourth-order valence-electron chi connectivity index (χ4n) is 4.86. The van der Waals surface area contributed by atoms with Crippen molar-refractivity contribution < 1.29 is 9.90 Å². The highest BCUT2D eigenvalue weighted by Crippen LogP contribution is 2.44. The smallest absolute Gasteiger partial charge is 0.237 e. The predicted molar refractivity (Wildman–Crippen MR) is 95.8 cm³/mol. The largest absolute Gasteiger partial charge is 0.395 e. The maximum atomic E-state index is 12.3. The fraction of sp³-hybridized carbons (Fsp3) is 0.895. The van der Waals surface area contributed by atoms with Gasteiger partial charge in [0.1, 0.15) is 6.04 Å². The SMILES string of the molecule is N#C[C@@H]1CCCN1C(=O)CNC1CCC2(CC1)CCN(CCO)CC2. The van der Waals surface area contributed by atoms with E-state index in [4.69, 9.17) is 10.4 Å². The van der Waals surface area contributed by atoms with E-state index in [1.807, 2.05) is 0 Å². The van der Waals surface area contributed by atoms with E-state index in [0.29, 0.717) is 18.0 Å². The Bertz CT molecular complexity index is 486. The molecular formula is C19H32N4O2. The molecule has 6 nitrogen and oxygen atoms in total. The van der Waals surface area contributed by atoms with E-state index >= 15 is 0 Å². The van der Waals surface area contributed by atoms with Gasteiger partial charge in [-0.15, -0.1) is 0 Å². The summed E-state index contributed by atoms with van der Waals surface area (Å²) in [7, 11) is 0. The van der Waals surface area contributed by atoms with Crippen LogP contribution in [-0.2, 0) is 4.79 Å². The summed E-state index contributed by atoms with van der Waals surface area (Å²) in [5.74, 6) is 0.0849. The van der Waals surface area contributed by atoms with Gasteiger partial charge in [-0.2, -0.15) is 5.26 Å². The van der Waals surface area contributed by atoms with E-state index in [1.54, 1.807) is 4.90 Å².